The van der Waals surface area contributed by atoms with Crippen LogP contribution < -0.4 is 5.32 Å². The summed E-state index contributed by atoms with van der Waals surface area (Å²) in [5.74, 6) is 0. The third-order valence-corrected chi connectivity index (χ3v) is 2.23. The summed E-state index contributed by atoms with van der Waals surface area (Å²) in [6, 6.07) is 0. The average molecular weight is 166 g/mol. The zero-order chi connectivity index (χ0) is 8.23. The van der Waals surface area contributed by atoms with E-state index in [1.165, 1.54) is 5.57 Å². The van der Waals surface area contributed by atoms with Gasteiger partial charge in [-0.25, -0.2) is 0 Å². The number of hydrogen-bond donors (Lipinski definition) is 1. The van der Waals surface area contributed by atoms with Gasteiger partial charge < -0.3 is 10.1 Å². The molecule has 0 aromatic carbocycles. The molecule has 2 heterocycles. The molecule has 0 bridgehead atoms. The van der Waals surface area contributed by atoms with Crippen molar-refractivity contribution in [3.8, 4) is 0 Å². The smallest absolute Gasteiger partial charge is 0.0827 e. The third-order valence-electron chi connectivity index (χ3n) is 2.23. The molecule has 0 atom stereocenters. The van der Waals surface area contributed by atoms with Gasteiger partial charge in [-0.15, -0.1) is 0 Å². The van der Waals surface area contributed by atoms with Crippen LogP contribution in [0.15, 0.2) is 16.6 Å². The van der Waals surface area contributed by atoms with Crippen LogP contribution in [0.25, 0.3) is 0 Å². The zero-order valence-electron chi connectivity index (χ0n) is 7.12. The standard InChI is InChI=1S/C9H14N2O/c1-3-10-4-2-8(1)7-12-9-5-11-6-9/h1,3,9,11H,2,4-7H2. The molecule has 3 heteroatoms. The van der Waals surface area contributed by atoms with Crippen LogP contribution in [0.3, 0.4) is 0 Å². The lowest BCUT2D eigenvalue weighted by Gasteiger charge is -2.27. The van der Waals surface area contributed by atoms with Gasteiger partial charge in [-0.2, -0.15) is 0 Å². The van der Waals surface area contributed by atoms with Crippen LogP contribution in [0.1, 0.15) is 6.42 Å². The molecule has 0 saturated carbocycles. The molecule has 2 rings (SSSR count). The van der Waals surface area contributed by atoms with E-state index in [9.17, 15) is 0 Å². The Morgan fingerprint density at radius 3 is 3.08 bits per heavy atom. The molecular weight excluding hydrogens is 152 g/mol. The van der Waals surface area contributed by atoms with Gasteiger partial charge in [0.15, 0.2) is 0 Å². The van der Waals surface area contributed by atoms with Crippen LogP contribution >= 0.6 is 0 Å². The number of nitrogens with zero attached hydrogens (tertiary/aromatic N) is 1. The van der Waals surface area contributed by atoms with Gasteiger partial charge in [0.05, 0.1) is 12.7 Å². The Morgan fingerprint density at radius 2 is 2.50 bits per heavy atom. The molecule has 0 spiro atoms. The fraction of sp³-hybridized carbons (Fsp3) is 0.667. The van der Waals surface area contributed by atoms with Crippen LogP contribution in [-0.2, 0) is 4.74 Å². The molecule has 1 fully saturated rings. The van der Waals surface area contributed by atoms with E-state index < -0.39 is 0 Å². The molecule has 2 aliphatic heterocycles. The number of rotatable bonds is 3. The fourth-order valence-corrected chi connectivity index (χ4v) is 1.25. The lowest BCUT2D eigenvalue weighted by atomic mass is 10.1. The number of ether oxygens (including phenoxy) is 1. The number of nitrogens with one attached hydrogen (secondary N) is 1. The first-order valence-electron chi connectivity index (χ1n) is 4.45. The molecule has 0 radical (unpaired) electrons. The quantitative estimate of drug-likeness (QED) is 0.657. The van der Waals surface area contributed by atoms with Crippen LogP contribution in [0.4, 0.5) is 0 Å². The molecule has 0 aliphatic carbocycles. The minimum absolute atomic E-state index is 0.449. The lowest BCUT2D eigenvalue weighted by Crippen LogP contribution is -2.48. The molecule has 12 heavy (non-hydrogen) atoms. The fourth-order valence-electron chi connectivity index (χ4n) is 1.25. The maximum atomic E-state index is 5.62. The zero-order valence-corrected chi connectivity index (χ0v) is 7.12. The molecule has 1 saturated heterocycles. The van der Waals surface area contributed by atoms with E-state index >= 15 is 0 Å². The summed E-state index contributed by atoms with van der Waals surface area (Å²) in [5, 5.41) is 3.18. The molecule has 0 amide bonds. The highest BCUT2D eigenvalue weighted by atomic mass is 16.5. The summed E-state index contributed by atoms with van der Waals surface area (Å²) in [6.45, 7) is 3.75. The summed E-state index contributed by atoms with van der Waals surface area (Å²) in [6.07, 6.45) is 5.46. The minimum atomic E-state index is 0.449. The van der Waals surface area contributed by atoms with Crippen molar-refractivity contribution in [1.82, 2.24) is 5.32 Å². The van der Waals surface area contributed by atoms with Crippen LogP contribution in [0, 0.1) is 0 Å². The van der Waals surface area contributed by atoms with Crippen molar-refractivity contribution in [2.75, 3.05) is 26.2 Å². The summed E-state index contributed by atoms with van der Waals surface area (Å²) in [7, 11) is 0. The molecule has 1 N–H and O–H groups in total. The van der Waals surface area contributed by atoms with E-state index in [0.29, 0.717) is 6.10 Å². The Kier molecular flexibility index (Phi) is 2.54. The van der Waals surface area contributed by atoms with Gasteiger partial charge in [0.25, 0.3) is 0 Å². The van der Waals surface area contributed by atoms with Gasteiger partial charge in [0.1, 0.15) is 0 Å². The Bertz CT molecular complexity index is 207. The Balaban J connectivity index is 1.71. The van der Waals surface area contributed by atoms with Crippen LogP contribution in [0.2, 0.25) is 0 Å². The van der Waals surface area contributed by atoms with Crippen molar-refractivity contribution >= 4 is 6.21 Å². The highest BCUT2D eigenvalue weighted by Gasteiger charge is 2.17. The van der Waals surface area contributed by atoms with Gasteiger partial charge in [0, 0.05) is 25.8 Å². The predicted molar refractivity (Wildman–Crippen MR) is 48.7 cm³/mol. The van der Waals surface area contributed by atoms with Crippen LogP contribution in [-0.4, -0.2) is 38.6 Å². The first-order valence-corrected chi connectivity index (χ1v) is 4.45. The Hall–Kier alpha value is -0.670. The first kappa shape index (κ1) is 7.95. The topological polar surface area (TPSA) is 33.6 Å². The Labute approximate surface area is 72.5 Å². The van der Waals surface area contributed by atoms with E-state index in [0.717, 1.165) is 32.7 Å². The number of aliphatic imine (C=N–C) groups is 1. The summed E-state index contributed by atoms with van der Waals surface area (Å²) in [5.41, 5.74) is 1.37. The molecule has 0 aromatic rings. The minimum Gasteiger partial charge on any atom is -0.371 e. The lowest BCUT2D eigenvalue weighted by molar-refractivity contribution is 0.0317. The second-order valence-corrected chi connectivity index (χ2v) is 3.22. The van der Waals surface area contributed by atoms with Crippen molar-refractivity contribution in [3.63, 3.8) is 0 Å². The average Bonchev–Trinajstić information content (AvgIpc) is 2.04. The summed E-state index contributed by atoms with van der Waals surface area (Å²) >= 11 is 0. The molecule has 66 valence electrons. The normalized spacial score (nSPS) is 23.5. The molecule has 3 nitrogen and oxygen atoms in total. The SMILES string of the molecule is C1=NCCC(COC2CNC2)=C1. The van der Waals surface area contributed by atoms with E-state index in [2.05, 4.69) is 16.4 Å². The molecule has 0 unspecified atom stereocenters. The van der Waals surface area contributed by atoms with Crippen molar-refractivity contribution in [3.05, 3.63) is 11.6 Å². The first-order chi connectivity index (χ1) is 5.95. The largest absolute Gasteiger partial charge is 0.371 e. The summed E-state index contributed by atoms with van der Waals surface area (Å²) in [4.78, 5) is 4.12. The van der Waals surface area contributed by atoms with E-state index in [1.54, 1.807) is 0 Å². The van der Waals surface area contributed by atoms with E-state index in [4.69, 9.17) is 4.74 Å². The molecule has 2 aliphatic rings. The predicted octanol–water partition coefficient (Wildman–Crippen LogP) is 0.376. The second-order valence-electron chi connectivity index (χ2n) is 3.22. The highest BCUT2D eigenvalue weighted by Crippen LogP contribution is 2.08. The van der Waals surface area contributed by atoms with E-state index in [-0.39, 0.29) is 0 Å². The number of dihydropyridines is 1. The van der Waals surface area contributed by atoms with Gasteiger partial charge in [-0.1, -0.05) is 0 Å². The van der Waals surface area contributed by atoms with Crippen molar-refractivity contribution < 1.29 is 4.74 Å². The van der Waals surface area contributed by atoms with Crippen molar-refractivity contribution in [1.29, 1.82) is 0 Å². The third kappa shape index (κ3) is 1.93. The maximum absolute atomic E-state index is 5.62. The van der Waals surface area contributed by atoms with Gasteiger partial charge in [0.2, 0.25) is 0 Å². The van der Waals surface area contributed by atoms with Gasteiger partial charge in [-0.3, -0.25) is 4.99 Å². The van der Waals surface area contributed by atoms with Gasteiger partial charge >= 0.3 is 0 Å². The van der Waals surface area contributed by atoms with Crippen molar-refractivity contribution in [2.45, 2.75) is 12.5 Å². The molecule has 0 aromatic heterocycles. The van der Waals surface area contributed by atoms with E-state index in [1.807, 2.05) is 6.21 Å². The van der Waals surface area contributed by atoms with Crippen LogP contribution in [0.5, 0.6) is 0 Å². The molecular formula is C9H14N2O. The monoisotopic (exact) mass is 166 g/mol. The highest BCUT2D eigenvalue weighted by molar-refractivity contribution is 5.73. The summed E-state index contributed by atoms with van der Waals surface area (Å²) < 4.78 is 5.62. The number of allylic oxidation sites excluding steroid dienone is 1. The van der Waals surface area contributed by atoms with Gasteiger partial charge in [-0.05, 0) is 18.1 Å². The Morgan fingerprint density at radius 1 is 1.58 bits per heavy atom. The maximum Gasteiger partial charge on any atom is 0.0827 e. The van der Waals surface area contributed by atoms with Crippen molar-refractivity contribution in [2.24, 2.45) is 4.99 Å². The number of hydrogen-bond acceptors (Lipinski definition) is 3. The second kappa shape index (κ2) is 3.83.